The van der Waals surface area contributed by atoms with E-state index in [9.17, 15) is 14.4 Å². The Morgan fingerprint density at radius 3 is 2.58 bits per heavy atom. The van der Waals surface area contributed by atoms with Gasteiger partial charge < -0.3 is 15.7 Å². The molecule has 2 rings (SSSR count). The molecular formula is C18H24N2O4. The quantitative estimate of drug-likeness (QED) is 0.772. The molecule has 2 amide bonds. The van der Waals surface area contributed by atoms with Crippen molar-refractivity contribution < 1.29 is 19.5 Å². The molecular weight excluding hydrogens is 308 g/mol. The lowest BCUT2D eigenvalue weighted by Gasteiger charge is -2.26. The Balaban J connectivity index is 2.09. The van der Waals surface area contributed by atoms with Gasteiger partial charge in [-0.05, 0) is 50.8 Å². The smallest absolute Gasteiger partial charge is 0.306 e. The van der Waals surface area contributed by atoms with E-state index in [1.54, 1.807) is 18.2 Å². The second kappa shape index (κ2) is 7.95. The highest BCUT2D eigenvalue weighted by Crippen LogP contribution is 2.30. The van der Waals surface area contributed by atoms with Crippen molar-refractivity contribution >= 4 is 23.5 Å². The number of carboxylic acids is 1. The fourth-order valence-corrected chi connectivity index (χ4v) is 3.05. The number of anilines is 1. The van der Waals surface area contributed by atoms with Gasteiger partial charge in [-0.2, -0.15) is 0 Å². The molecule has 0 aromatic heterocycles. The molecule has 24 heavy (non-hydrogen) atoms. The molecule has 2 unspecified atom stereocenters. The molecule has 0 heterocycles. The van der Waals surface area contributed by atoms with Gasteiger partial charge in [0.2, 0.25) is 5.91 Å². The molecule has 1 aliphatic rings. The molecule has 0 saturated heterocycles. The van der Waals surface area contributed by atoms with Crippen LogP contribution in [-0.4, -0.2) is 29.4 Å². The van der Waals surface area contributed by atoms with Crippen molar-refractivity contribution in [1.82, 2.24) is 5.32 Å². The van der Waals surface area contributed by atoms with Gasteiger partial charge in [0.05, 0.1) is 5.92 Å². The second-order valence-corrected chi connectivity index (χ2v) is 6.28. The third-order valence-corrected chi connectivity index (χ3v) is 4.49. The van der Waals surface area contributed by atoms with Gasteiger partial charge in [0.15, 0.2) is 0 Å². The van der Waals surface area contributed by atoms with Crippen LogP contribution in [0, 0.1) is 18.8 Å². The van der Waals surface area contributed by atoms with E-state index in [2.05, 4.69) is 10.6 Å². The summed E-state index contributed by atoms with van der Waals surface area (Å²) in [4.78, 5) is 35.6. The Hall–Kier alpha value is -2.37. The summed E-state index contributed by atoms with van der Waals surface area (Å²) in [6.07, 6.45) is 2.44. The minimum Gasteiger partial charge on any atom is -0.481 e. The first-order valence-corrected chi connectivity index (χ1v) is 8.35. The van der Waals surface area contributed by atoms with Gasteiger partial charge >= 0.3 is 5.97 Å². The van der Waals surface area contributed by atoms with Crippen LogP contribution in [0.4, 0.5) is 5.69 Å². The van der Waals surface area contributed by atoms with Gasteiger partial charge in [-0.25, -0.2) is 0 Å². The van der Waals surface area contributed by atoms with E-state index in [1.807, 2.05) is 13.8 Å². The SMILES string of the molecule is CCNC(=O)c1ccc(C)c(NC(=O)C2CCCC(C(=O)O)C2)c1. The van der Waals surface area contributed by atoms with Crippen molar-refractivity contribution in [3.05, 3.63) is 29.3 Å². The minimum atomic E-state index is -0.832. The minimum absolute atomic E-state index is 0.169. The Kier molecular flexibility index (Phi) is 5.95. The summed E-state index contributed by atoms with van der Waals surface area (Å²) < 4.78 is 0. The molecule has 0 bridgehead atoms. The first-order chi connectivity index (χ1) is 11.4. The monoisotopic (exact) mass is 332 g/mol. The number of hydrogen-bond donors (Lipinski definition) is 3. The second-order valence-electron chi connectivity index (χ2n) is 6.28. The third kappa shape index (κ3) is 4.34. The number of nitrogens with one attached hydrogen (secondary N) is 2. The van der Waals surface area contributed by atoms with Crippen molar-refractivity contribution in [2.24, 2.45) is 11.8 Å². The first-order valence-electron chi connectivity index (χ1n) is 8.35. The molecule has 2 atom stereocenters. The number of aliphatic carboxylic acids is 1. The molecule has 6 nitrogen and oxygen atoms in total. The molecule has 1 aromatic rings. The topological polar surface area (TPSA) is 95.5 Å². The molecule has 3 N–H and O–H groups in total. The van der Waals surface area contributed by atoms with Crippen LogP contribution in [0.25, 0.3) is 0 Å². The molecule has 0 radical (unpaired) electrons. The standard InChI is InChI=1S/C18H24N2O4/c1-3-19-16(21)13-8-7-11(2)15(10-13)20-17(22)12-5-4-6-14(9-12)18(23)24/h7-8,10,12,14H,3-6,9H2,1-2H3,(H,19,21)(H,20,22)(H,23,24). The fraction of sp³-hybridized carbons (Fsp3) is 0.500. The van der Waals surface area contributed by atoms with Gasteiger partial charge in [-0.15, -0.1) is 0 Å². The first kappa shape index (κ1) is 18.0. The average molecular weight is 332 g/mol. The number of carboxylic acid groups (broad SMARTS) is 1. The zero-order valence-electron chi connectivity index (χ0n) is 14.1. The number of carbonyl (C=O) groups excluding carboxylic acids is 2. The average Bonchev–Trinajstić information content (AvgIpc) is 2.57. The van der Waals surface area contributed by atoms with Crippen molar-refractivity contribution in [3.63, 3.8) is 0 Å². The highest BCUT2D eigenvalue weighted by Gasteiger charge is 2.31. The summed E-state index contributed by atoms with van der Waals surface area (Å²) in [6.45, 7) is 4.24. The lowest BCUT2D eigenvalue weighted by atomic mass is 9.81. The number of aryl methyl sites for hydroxylation is 1. The maximum absolute atomic E-state index is 12.5. The van der Waals surface area contributed by atoms with Gasteiger partial charge in [-0.3, -0.25) is 14.4 Å². The van der Waals surface area contributed by atoms with Crippen LogP contribution in [0.15, 0.2) is 18.2 Å². The summed E-state index contributed by atoms with van der Waals surface area (Å²) in [5, 5.41) is 14.7. The van der Waals surface area contributed by atoms with Crippen LogP contribution in [0.3, 0.4) is 0 Å². The van der Waals surface area contributed by atoms with Crippen LogP contribution in [-0.2, 0) is 9.59 Å². The molecule has 1 aliphatic carbocycles. The Bertz CT molecular complexity index is 642. The lowest BCUT2D eigenvalue weighted by Crippen LogP contribution is -2.31. The Labute approximate surface area is 141 Å². The maximum Gasteiger partial charge on any atom is 0.306 e. The lowest BCUT2D eigenvalue weighted by molar-refractivity contribution is -0.143. The predicted molar refractivity (Wildman–Crippen MR) is 90.9 cm³/mol. The summed E-state index contributed by atoms with van der Waals surface area (Å²) in [5.74, 6) is -1.93. The highest BCUT2D eigenvalue weighted by molar-refractivity contribution is 5.98. The highest BCUT2D eigenvalue weighted by atomic mass is 16.4. The number of rotatable bonds is 5. The van der Waals surface area contributed by atoms with Crippen molar-refractivity contribution in [2.75, 3.05) is 11.9 Å². The summed E-state index contributed by atoms with van der Waals surface area (Å²) in [7, 11) is 0. The van der Waals surface area contributed by atoms with Gasteiger partial charge in [0, 0.05) is 23.7 Å². The molecule has 1 fully saturated rings. The predicted octanol–water partition coefficient (Wildman–Crippen LogP) is 2.57. The largest absolute Gasteiger partial charge is 0.481 e. The van der Waals surface area contributed by atoms with Crippen LogP contribution < -0.4 is 10.6 Å². The number of carbonyl (C=O) groups is 3. The third-order valence-electron chi connectivity index (χ3n) is 4.49. The molecule has 1 aromatic carbocycles. The van der Waals surface area contributed by atoms with Gasteiger partial charge in [-0.1, -0.05) is 12.5 Å². The van der Waals surface area contributed by atoms with Crippen LogP contribution >= 0.6 is 0 Å². The number of amides is 2. The number of hydrogen-bond acceptors (Lipinski definition) is 3. The molecule has 6 heteroatoms. The molecule has 1 saturated carbocycles. The van der Waals surface area contributed by atoms with Crippen LogP contribution in [0.5, 0.6) is 0 Å². The molecule has 0 spiro atoms. The van der Waals surface area contributed by atoms with Gasteiger partial charge in [0.25, 0.3) is 5.91 Å². The van der Waals surface area contributed by atoms with E-state index < -0.39 is 11.9 Å². The summed E-state index contributed by atoms with van der Waals surface area (Å²) >= 11 is 0. The van der Waals surface area contributed by atoms with E-state index in [0.717, 1.165) is 12.0 Å². The molecule has 130 valence electrons. The normalized spacial score (nSPS) is 20.2. The zero-order chi connectivity index (χ0) is 17.7. The van der Waals surface area contributed by atoms with E-state index in [4.69, 9.17) is 5.11 Å². The van der Waals surface area contributed by atoms with E-state index in [-0.39, 0.29) is 17.7 Å². The summed E-state index contributed by atoms with van der Waals surface area (Å²) in [6, 6.07) is 5.17. The van der Waals surface area contributed by atoms with Crippen molar-refractivity contribution in [3.8, 4) is 0 Å². The van der Waals surface area contributed by atoms with E-state index in [1.165, 1.54) is 0 Å². The van der Waals surface area contributed by atoms with Gasteiger partial charge in [0.1, 0.15) is 0 Å². The zero-order valence-corrected chi connectivity index (χ0v) is 14.1. The van der Waals surface area contributed by atoms with E-state index in [0.29, 0.717) is 37.1 Å². The maximum atomic E-state index is 12.5. The molecule has 0 aliphatic heterocycles. The van der Waals surface area contributed by atoms with Crippen LogP contribution in [0.1, 0.15) is 48.5 Å². The Morgan fingerprint density at radius 2 is 1.92 bits per heavy atom. The fourth-order valence-electron chi connectivity index (χ4n) is 3.05. The Morgan fingerprint density at radius 1 is 1.21 bits per heavy atom. The van der Waals surface area contributed by atoms with Crippen molar-refractivity contribution in [1.29, 1.82) is 0 Å². The van der Waals surface area contributed by atoms with E-state index >= 15 is 0 Å². The van der Waals surface area contributed by atoms with Crippen molar-refractivity contribution in [2.45, 2.75) is 39.5 Å². The number of benzene rings is 1. The summed E-state index contributed by atoms with van der Waals surface area (Å²) in [5.41, 5.74) is 1.95. The van der Waals surface area contributed by atoms with Crippen LogP contribution in [0.2, 0.25) is 0 Å².